The first kappa shape index (κ1) is 14.9. The maximum Gasteiger partial charge on any atom is 0.131 e. The third-order valence-electron chi connectivity index (χ3n) is 2.84. The number of rotatable bonds is 2. The Bertz CT molecular complexity index is 652. The third-order valence-corrected chi connectivity index (χ3v) is 3.96. The quantitative estimate of drug-likeness (QED) is 0.728. The summed E-state index contributed by atoms with van der Waals surface area (Å²) in [6, 6.07) is 13.8. The van der Waals surface area contributed by atoms with Crippen LogP contribution in [-0.4, -0.2) is 4.98 Å². The molecule has 0 atom stereocenters. The van der Waals surface area contributed by atoms with Crippen LogP contribution < -0.4 is 0 Å². The normalized spacial score (nSPS) is 11.2. The molecule has 2 aromatic rings. The Morgan fingerprint density at radius 2 is 1.80 bits per heavy atom. The van der Waals surface area contributed by atoms with Gasteiger partial charge in [0.05, 0.1) is 11.6 Å². The van der Waals surface area contributed by atoms with E-state index in [1.54, 1.807) is 12.1 Å². The Kier molecular flexibility index (Phi) is 4.37. The molecule has 2 rings (SSSR count). The van der Waals surface area contributed by atoms with Gasteiger partial charge in [-0.3, -0.25) is 0 Å². The Morgan fingerprint density at radius 3 is 2.35 bits per heavy atom. The maximum atomic E-state index is 8.93. The van der Waals surface area contributed by atoms with E-state index < -0.39 is 0 Å². The van der Waals surface area contributed by atoms with Gasteiger partial charge in [0.15, 0.2) is 0 Å². The smallest absolute Gasteiger partial charge is 0.131 e. The van der Waals surface area contributed by atoms with Gasteiger partial charge >= 0.3 is 0 Å². The SMILES string of the molecule is CC(C)(C)c1ccc(Sc2cc(C#N)cc(Cl)n2)cc1. The third kappa shape index (κ3) is 3.75. The summed E-state index contributed by atoms with van der Waals surface area (Å²) in [7, 11) is 0. The molecule has 1 aromatic carbocycles. The number of halogens is 1. The Balaban J connectivity index is 2.23. The van der Waals surface area contributed by atoms with Gasteiger partial charge in [-0.15, -0.1) is 0 Å². The zero-order chi connectivity index (χ0) is 14.8. The summed E-state index contributed by atoms with van der Waals surface area (Å²) in [6.07, 6.45) is 0. The summed E-state index contributed by atoms with van der Waals surface area (Å²) in [5, 5.41) is 10.0. The Labute approximate surface area is 128 Å². The van der Waals surface area contributed by atoms with E-state index in [2.05, 4.69) is 56.1 Å². The zero-order valence-electron chi connectivity index (χ0n) is 11.6. The first-order valence-corrected chi connectivity index (χ1v) is 7.44. The van der Waals surface area contributed by atoms with E-state index >= 15 is 0 Å². The maximum absolute atomic E-state index is 8.93. The van der Waals surface area contributed by atoms with Crippen molar-refractivity contribution >= 4 is 23.4 Å². The molecule has 0 amide bonds. The molecule has 0 aliphatic carbocycles. The van der Waals surface area contributed by atoms with Gasteiger partial charge in [-0.1, -0.05) is 56.3 Å². The largest absolute Gasteiger partial charge is 0.229 e. The number of pyridine rings is 1. The van der Waals surface area contributed by atoms with Gasteiger partial charge in [0.1, 0.15) is 10.2 Å². The van der Waals surface area contributed by atoms with Crippen LogP contribution in [0.2, 0.25) is 5.15 Å². The first-order chi connectivity index (χ1) is 9.38. The fourth-order valence-electron chi connectivity index (χ4n) is 1.73. The molecule has 0 radical (unpaired) electrons. The van der Waals surface area contributed by atoms with E-state index in [1.165, 1.54) is 17.3 Å². The first-order valence-electron chi connectivity index (χ1n) is 6.24. The number of benzene rings is 1. The number of hydrogen-bond donors (Lipinski definition) is 0. The van der Waals surface area contributed by atoms with E-state index in [4.69, 9.17) is 16.9 Å². The van der Waals surface area contributed by atoms with Crippen molar-refractivity contribution in [1.29, 1.82) is 5.26 Å². The van der Waals surface area contributed by atoms with Crippen molar-refractivity contribution in [2.75, 3.05) is 0 Å². The number of nitrogens with zero attached hydrogens (tertiary/aromatic N) is 2. The average Bonchev–Trinajstić information content (AvgIpc) is 2.37. The molecule has 0 aliphatic rings. The highest BCUT2D eigenvalue weighted by Crippen LogP contribution is 2.30. The molecule has 0 saturated heterocycles. The van der Waals surface area contributed by atoms with Crippen molar-refractivity contribution in [3.63, 3.8) is 0 Å². The van der Waals surface area contributed by atoms with Crippen molar-refractivity contribution in [3.05, 3.63) is 52.7 Å². The van der Waals surface area contributed by atoms with Crippen molar-refractivity contribution in [3.8, 4) is 6.07 Å². The van der Waals surface area contributed by atoms with Crippen LogP contribution in [0.25, 0.3) is 0 Å². The number of hydrogen-bond acceptors (Lipinski definition) is 3. The molecule has 102 valence electrons. The van der Waals surface area contributed by atoms with Crippen LogP contribution in [-0.2, 0) is 5.41 Å². The van der Waals surface area contributed by atoms with Gasteiger partial charge in [-0.25, -0.2) is 4.98 Å². The molecule has 0 spiro atoms. The van der Waals surface area contributed by atoms with Crippen molar-refractivity contribution in [2.24, 2.45) is 0 Å². The average molecular weight is 303 g/mol. The van der Waals surface area contributed by atoms with Crippen LogP contribution in [0.3, 0.4) is 0 Å². The van der Waals surface area contributed by atoms with Gasteiger partial charge in [0.25, 0.3) is 0 Å². The topological polar surface area (TPSA) is 36.7 Å². The molecule has 4 heteroatoms. The van der Waals surface area contributed by atoms with Crippen molar-refractivity contribution in [2.45, 2.75) is 36.1 Å². The molecule has 20 heavy (non-hydrogen) atoms. The monoisotopic (exact) mass is 302 g/mol. The van der Waals surface area contributed by atoms with E-state index in [0.29, 0.717) is 10.7 Å². The lowest BCUT2D eigenvalue weighted by Gasteiger charge is -2.19. The van der Waals surface area contributed by atoms with E-state index in [-0.39, 0.29) is 5.41 Å². The van der Waals surface area contributed by atoms with Crippen LogP contribution in [0.15, 0.2) is 46.3 Å². The van der Waals surface area contributed by atoms with E-state index in [1.807, 2.05) is 0 Å². The summed E-state index contributed by atoms with van der Waals surface area (Å²) in [6.45, 7) is 6.56. The fraction of sp³-hybridized carbons (Fsp3) is 0.250. The van der Waals surface area contributed by atoms with E-state index in [0.717, 1.165) is 9.92 Å². The summed E-state index contributed by atoms with van der Waals surface area (Å²) >= 11 is 7.41. The van der Waals surface area contributed by atoms with E-state index in [9.17, 15) is 0 Å². The minimum atomic E-state index is 0.144. The Morgan fingerprint density at radius 1 is 1.15 bits per heavy atom. The lowest BCUT2D eigenvalue weighted by molar-refractivity contribution is 0.590. The van der Waals surface area contributed by atoms with Gasteiger partial charge in [0.2, 0.25) is 0 Å². The van der Waals surface area contributed by atoms with Gasteiger partial charge in [-0.2, -0.15) is 5.26 Å². The van der Waals surface area contributed by atoms with Gasteiger partial charge in [0, 0.05) is 4.90 Å². The van der Waals surface area contributed by atoms with Crippen LogP contribution >= 0.6 is 23.4 Å². The van der Waals surface area contributed by atoms with Crippen molar-refractivity contribution in [1.82, 2.24) is 4.98 Å². The predicted octanol–water partition coefficient (Wildman–Crippen LogP) is 5.06. The summed E-state index contributed by atoms with van der Waals surface area (Å²) in [5.74, 6) is 0. The molecule has 0 fully saturated rings. The fourth-order valence-corrected chi connectivity index (χ4v) is 2.84. The second-order valence-electron chi connectivity index (χ2n) is 5.51. The highest BCUT2D eigenvalue weighted by Gasteiger charge is 2.13. The molecule has 2 nitrogen and oxygen atoms in total. The second kappa shape index (κ2) is 5.87. The lowest BCUT2D eigenvalue weighted by Crippen LogP contribution is -2.10. The molecular weight excluding hydrogens is 288 g/mol. The van der Waals surface area contributed by atoms with Crippen LogP contribution in [0.1, 0.15) is 31.9 Å². The summed E-state index contributed by atoms with van der Waals surface area (Å²) in [5.41, 5.74) is 1.96. The Hall–Kier alpha value is -1.50. The number of aromatic nitrogens is 1. The molecule has 0 unspecified atom stereocenters. The lowest BCUT2D eigenvalue weighted by atomic mass is 9.87. The minimum Gasteiger partial charge on any atom is -0.229 e. The van der Waals surface area contributed by atoms with Crippen molar-refractivity contribution < 1.29 is 0 Å². The molecular formula is C16H15ClN2S. The summed E-state index contributed by atoms with van der Waals surface area (Å²) < 4.78 is 0. The standard InChI is InChI=1S/C16H15ClN2S/c1-16(2,3)12-4-6-13(7-5-12)20-15-9-11(10-18)8-14(17)19-15/h4-9H,1-3H3. The molecule has 0 saturated carbocycles. The zero-order valence-corrected chi connectivity index (χ0v) is 13.2. The molecule has 0 bridgehead atoms. The highest BCUT2D eigenvalue weighted by atomic mass is 35.5. The minimum absolute atomic E-state index is 0.144. The predicted molar refractivity (Wildman–Crippen MR) is 83.2 cm³/mol. The van der Waals surface area contributed by atoms with Crippen LogP contribution in [0.5, 0.6) is 0 Å². The second-order valence-corrected chi connectivity index (χ2v) is 6.99. The molecule has 0 N–H and O–H groups in total. The molecule has 0 aliphatic heterocycles. The van der Waals surface area contributed by atoms with Crippen LogP contribution in [0.4, 0.5) is 0 Å². The number of nitriles is 1. The summed E-state index contributed by atoms with van der Waals surface area (Å²) in [4.78, 5) is 5.31. The van der Waals surface area contributed by atoms with Gasteiger partial charge < -0.3 is 0 Å². The van der Waals surface area contributed by atoms with Gasteiger partial charge in [-0.05, 0) is 35.2 Å². The van der Waals surface area contributed by atoms with Crippen LogP contribution in [0, 0.1) is 11.3 Å². The highest BCUT2D eigenvalue weighted by molar-refractivity contribution is 7.99. The molecule has 1 aromatic heterocycles. The molecule has 1 heterocycles.